The van der Waals surface area contributed by atoms with Crippen LogP contribution >= 0.6 is 11.3 Å². The number of aromatic carboxylic acids is 1. The molecule has 0 bridgehead atoms. The van der Waals surface area contributed by atoms with Gasteiger partial charge >= 0.3 is 5.97 Å². The van der Waals surface area contributed by atoms with Gasteiger partial charge in [-0.05, 0) is 29.1 Å². The first-order valence-electron chi connectivity index (χ1n) is 4.17. The fourth-order valence-electron chi connectivity index (χ4n) is 1.26. The molecule has 0 unspecified atom stereocenters. The minimum absolute atomic E-state index is 0.396. The fraction of sp³-hybridized carbons (Fsp3) is 0.100. The third kappa shape index (κ3) is 1.85. The third-order valence-electron chi connectivity index (χ3n) is 1.90. The predicted molar refractivity (Wildman–Crippen MR) is 54.8 cm³/mol. The van der Waals surface area contributed by atoms with E-state index >= 15 is 0 Å². The van der Waals surface area contributed by atoms with Crippen LogP contribution in [0.2, 0.25) is 0 Å². The number of carboxylic acid groups (broad SMARTS) is 1. The molecule has 0 aliphatic rings. The molecule has 0 aliphatic heterocycles. The monoisotopic (exact) mass is 207 g/mol. The molecule has 0 saturated heterocycles. The predicted octanol–water partition coefficient (Wildman–Crippen LogP) is 2.30. The van der Waals surface area contributed by atoms with E-state index in [4.69, 9.17) is 5.11 Å². The summed E-state index contributed by atoms with van der Waals surface area (Å²) in [4.78, 5) is 11.0. The van der Waals surface area contributed by atoms with Gasteiger partial charge in [-0.1, -0.05) is 0 Å². The van der Waals surface area contributed by atoms with Crippen LogP contribution in [0.15, 0.2) is 36.0 Å². The lowest BCUT2D eigenvalue weighted by Gasteiger charge is -1.98. The van der Waals surface area contributed by atoms with Gasteiger partial charge < -0.3 is 9.67 Å². The lowest BCUT2D eigenvalue weighted by atomic mass is 10.3. The zero-order valence-electron chi connectivity index (χ0n) is 7.38. The molecule has 0 saturated carbocycles. The number of carbonyl (C=O) groups is 1. The second kappa shape index (κ2) is 3.67. The van der Waals surface area contributed by atoms with E-state index in [1.165, 1.54) is 11.3 Å². The van der Waals surface area contributed by atoms with E-state index in [2.05, 4.69) is 0 Å². The van der Waals surface area contributed by atoms with E-state index in [1.54, 1.807) is 6.07 Å². The SMILES string of the molecule is O=C(O)c1cc(Cn2cccc2)cs1. The van der Waals surface area contributed by atoms with Crippen LogP contribution in [0, 0.1) is 0 Å². The Hall–Kier alpha value is -1.55. The van der Waals surface area contributed by atoms with Crippen molar-refractivity contribution < 1.29 is 9.90 Å². The second-order valence-electron chi connectivity index (χ2n) is 2.98. The van der Waals surface area contributed by atoms with Gasteiger partial charge in [0.15, 0.2) is 0 Å². The van der Waals surface area contributed by atoms with Crippen molar-refractivity contribution in [3.05, 3.63) is 46.4 Å². The molecule has 2 aromatic heterocycles. The summed E-state index contributed by atoms with van der Waals surface area (Å²) in [5, 5.41) is 10.6. The normalized spacial score (nSPS) is 10.3. The summed E-state index contributed by atoms with van der Waals surface area (Å²) >= 11 is 1.27. The number of aromatic nitrogens is 1. The Morgan fingerprint density at radius 1 is 1.43 bits per heavy atom. The summed E-state index contributed by atoms with van der Waals surface area (Å²) in [6, 6.07) is 5.61. The van der Waals surface area contributed by atoms with Crippen molar-refractivity contribution in [2.45, 2.75) is 6.54 Å². The van der Waals surface area contributed by atoms with Crippen molar-refractivity contribution in [3.8, 4) is 0 Å². The second-order valence-corrected chi connectivity index (χ2v) is 3.89. The first kappa shape index (κ1) is 9.02. The highest BCUT2D eigenvalue weighted by molar-refractivity contribution is 7.12. The molecule has 0 fully saturated rings. The van der Waals surface area contributed by atoms with Crippen LogP contribution < -0.4 is 0 Å². The van der Waals surface area contributed by atoms with E-state index in [1.807, 2.05) is 34.5 Å². The molecule has 0 aliphatic carbocycles. The maximum Gasteiger partial charge on any atom is 0.345 e. The lowest BCUT2D eigenvalue weighted by molar-refractivity contribution is 0.0702. The number of hydrogen-bond donors (Lipinski definition) is 1. The summed E-state index contributed by atoms with van der Waals surface area (Å²) in [6.45, 7) is 0.733. The van der Waals surface area contributed by atoms with Gasteiger partial charge in [-0.2, -0.15) is 0 Å². The topological polar surface area (TPSA) is 42.2 Å². The van der Waals surface area contributed by atoms with Crippen molar-refractivity contribution >= 4 is 17.3 Å². The van der Waals surface area contributed by atoms with Crippen LogP contribution in [-0.2, 0) is 6.54 Å². The van der Waals surface area contributed by atoms with Gasteiger partial charge in [-0.25, -0.2) is 4.79 Å². The Bertz CT molecular complexity index is 431. The van der Waals surface area contributed by atoms with E-state index in [9.17, 15) is 4.79 Å². The average molecular weight is 207 g/mol. The first-order chi connectivity index (χ1) is 6.75. The molecule has 72 valence electrons. The van der Waals surface area contributed by atoms with E-state index < -0.39 is 5.97 Å². The Balaban J connectivity index is 2.14. The fourth-order valence-corrected chi connectivity index (χ4v) is 2.00. The summed E-state index contributed by atoms with van der Waals surface area (Å²) < 4.78 is 2.01. The standard InChI is InChI=1S/C10H9NO2S/c12-10(13)9-5-8(7-14-9)6-11-3-1-2-4-11/h1-5,7H,6H2,(H,12,13). The van der Waals surface area contributed by atoms with Crippen molar-refractivity contribution in [1.82, 2.24) is 4.57 Å². The van der Waals surface area contributed by atoms with E-state index in [-0.39, 0.29) is 0 Å². The smallest absolute Gasteiger partial charge is 0.345 e. The molecule has 0 aromatic carbocycles. The zero-order chi connectivity index (χ0) is 9.97. The van der Waals surface area contributed by atoms with Crippen molar-refractivity contribution in [1.29, 1.82) is 0 Å². The van der Waals surface area contributed by atoms with Crippen LogP contribution in [0.5, 0.6) is 0 Å². The maximum absolute atomic E-state index is 10.6. The summed E-state index contributed by atoms with van der Waals surface area (Å²) in [5.74, 6) is -0.853. The van der Waals surface area contributed by atoms with Gasteiger partial charge in [-0.3, -0.25) is 0 Å². The summed E-state index contributed by atoms with van der Waals surface area (Å²) in [5.41, 5.74) is 1.03. The van der Waals surface area contributed by atoms with Crippen LogP contribution in [0.25, 0.3) is 0 Å². The van der Waals surface area contributed by atoms with E-state index in [0.29, 0.717) is 4.88 Å². The highest BCUT2D eigenvalue weighted by Gasteiger charge is 2.06. The summed E-state index contributed by atoms with van der Waals surface area (Å²) in [7, 11) is 0. The minimum Gasteiger partial charge on any atom is -0.477 e. The van der Waals surface area contributed by atoms with Gasteiger partial charge in [0, 0.05) is 18.9 Å². The molecule has 0 amide bonds. The number of carboxylic acids is 1. The Kier molecular flexibility index (Phi) is 2.37. The molecule has 0 radical (unpaired) electrons. The van der Waals surface area contributed by atoms with Crippen LogP contribution in [0.1, 0.15) is 15.2 Å². The Morgan fingerprint density at radius 3 is 2.71 bits per heavy atom. The minimum atomic E-state index is -0.853. The third-order valence-corrected chi connectivity index (χ3v) is 2.86. The molecule has 14 heavy (non-hydrogen) atoms. The molecule has 2 rings (SSSR count). The lowest BCUT2D eigenvalue weighted by Crippen LogP contribution is -1.95. The average Bonchev–Trinajstić information content (AvgIpc) is 2.75. The van der Waals surface area contributed by atoms with E-state index in [0.717, 1.165) is 12.1 Å². The van der Waals surface area contributed by atoms with Gasteiger partial charge in [0.1, 0.15) is 4.88 Å². The van der Waals surface area contributed by atoms with Gasteiger partial charge in [0.25, 0.3) is 0 Å². The molecule has 0 atom stereocenters. The van der Waals surface area contributed by atoms with Crippen molar-refractivity contribution in [2.75, 3.05) is 0 Å². The molecular weight excluding hydrogens is 198 g/mol. The van der Waals surface area contributed by atoms with Gasteiger partial charge in [0.05, 0.1) is 0 Å². The summed E-state index contributed by atoms with van der Waals surface area (Å²) in [6.07, 6.45) is 3.91. The molecular formula is C10H9NO2S. The molecule has 3 nitrogen and oxygen atoms in total. The number of hydrogen-bond acceptors (Lipinski definition) is 2. The van der Waals surface area contributed by atoms with Crippen molar-refractivity contribution in [3.63, 3.8) is 0 Å². The quantitative estimate of drug-likeness (QED) is 0.839. The van der Waals surface area contributed by atoms with Gasteiger partial charge in [-0.15, -0.1) is 11.3 Å². The number of rotatable bonds is 3. The van der Waals surface area contributed by atoms with Crippen LogP contribution in [0.3, 0.4) is 0 Å². The highest BCUT2D eigenvalue weighted by atomic mass is 32.1. The maximum atomic E-state index is 10.6. The molecule has 2 heterocycles. The Labute approximate surface area is 85.2 Å². The van der Waals surface area contributed by atoms with Crippen LogP contribution in [0.4, 0.5) is 0 Å². The Morgan fingerprint density at radius 2 is 2.14 bits per heavy atom. The molecule has 0 spiro atoms. The molecule has 4 heteroatoms. The zero-order valence-corrected chi connectivity index (χ0v) is 8.20. The van der Waals surface area contributed by atoms with Crippen molar-refractivity contribution in [2.24, 2.45) is 0 Å². The number of thiophene rings is 1. The molecule has 2 aromatic rings. The highest BCUT2D eigenvalue weighted by Crippen LogP contribution is 2.15. The largest absolute Gasteiger partial charge is 0.477 e. The molecule has 1 N–H and O–H groups in total. The van der Waals surface area contributed by atoms with Crippen LogP contribution in [-0.4, -0.2) is 15.6 Å². The number of nitrogens with zero attached hydrogens (tertiary/aromatic N) is 1. The first-order valence-corrected chi connectivity index (χ1v) is 5.05. The van der Waals surface area contributed by atoms with Gasteiger partial charge in [0.2, 0.25) is 0 Å².